The summed E-state index contributed by atoms with van der Waals surface area (Å²) in [5.41, 5.74) is 1.19. The van der Waals surface area contributed by atoms with E-state index < -0.39 is 0 Å². The van der Waals surface area contributed by atoms with Gasteiger partial charge in [-0.1, -0.05) is 29.3 Å². The number of ether oxygens (including phenoxy) is 1. The van der Waals surface area contributed by atoms with Crippen molar-refractivity contribution in [2.45, 2.75) is 6.92 Å². The maximum atomic E-state index is 11.7. The molecule has 1 N–H and O–H groups in total. The van der Waals surface area contributed by atoms with E-state index in [0.29, 0.717) is 10.7 Å². The van der Waals surface area contributed by atoms with Gasteiger partial charge in [-0.2, -0.15) is 0 Å². The SMILES string of the molecule is Cc1ccnc(OCC(=O)Nc2cccc(Cl)c2Cl)n1. The van der Waals surface area contributed by atoms with Crippen LogP contribution in [0.2, 0.25) is 10.0 Å². The van der Waals surface area contributed by atoms with Crippen molar-refractivity contribution in [3.8, 4) is 6.01 Å². The fraction of sp³-hybridized carbons (Fsp3) is 0.154. The molecule has 0 aliphatic carbocycles. The fourth-order valence-corrected chi connectivity index (χ4v) is 1.76. The molecule has 1 amide bonds. The summed E-state index contributed by atoms with van der Waals surface area (Å²) in [4.78, 5) is 19.7. The molecule has 0 aliphatic rings. The van der Waals surface area contributed by atoms with Crippen molar-refractivity contribution in [2.24, 2.45) is 0 Å². The van der Waals surface area contributed by atoms with Gasteiger partial charge in [-0.15, -0.1) is 0 Å². The van der Waals surface area contributed by atoms with E-state index in [4.69, 9.17) is 27.9 Å². The predicted octanol–water partition coefficient (Wildman–Crippen LogP) is 3.11. The number of rotatable bonds is 4. The molecular weight excluding hydrogens is 301 g/mol. The number of nitrogens with zero attached hydrogens (tertiary/aromatic N) is 2. The fourth-order valence-electron chi connectivity index (χ4n) is 1.41. The average Bonchev–Trinajstić information content (AvgIpc) is 2.42. The quantitative estimate of drug-likeness (QED) is 0.942. The number of aryl methyl sites for hydroxylation is 1. The molecular formula is C13H11Cl2N3O2. The van der Waals surface area contributed by atoms with Crippen molar-refractivity contribution < 1.29 is 9.53 Å². The molecule has 5 nitrogen and oxygen atoms in total. The highest BCUT2D eigenvalue weighted by molar-refractivity contribution is 6.43. The normalized spacial score (nSPS) is 10.2. The number of aromatic nitrogens is 2. The summed E-state index contributed by atoms with van der Waals surface area (Å²) < 4.78 is 5.18. The van der Waals surface area contributed by atoms with Crippen LogP contribution in [0.3, 0.4) is 0 Å². The van der Waals surface area contributed by atoms with Crippen LogP contribution < -0.4 is 10.1 Å². The van der Waals surface area contributed by atoms with Gasteiger partial charge >= 0.3 is 6.01 Å². The van der Waals surface area contributed by atoms with Crippen LogP contribution in [0, 0.1) is 6.92 Å². The first kappa shape index (κ1) is 14.6. The molecule has 0 bridgehead atoms. The molecule has 0 saturated heterocycles. The number of hydrogen-bond acceptors (Lipinski definition) is 4. The van der Waals surface area contributed by atoms with Crippen LogP contribution in [0.1, 0.15) is 5.69 Å². The Hall–Kier alpha value is -1.85. The minimum Gasteiger partial charge on any atom is -0.453 e. The Morgan fingerprint density at radius 1 is 1.35 bits per heavy atom. The lowest BCUT2D eigenvalue weighted by molar-refractivity contribution is -0.118. The van der Waals surface area contributed by atoms with Gasteiger partial charge in [0.25, 0.3) is 5.91 Å². The largest absolute Gasteiger partial charge is 0.453 e. The number of benzene rings is 1. The van der Waals surface area contributed by atoms with E-state index >= 15 is 0 Å². The summed E-state index contributed by atoms with van der Waals surface area (Å²) in [6.07, 6.45) is 1.56. The van der Waals surface area contributed by atoms with Crippen molar-refractivity contribution in [1.82, 2.24) is 9.97 Å². The van der Waals surface area contributed by atoms with Crippen molar-refractivity contribution >= 4 is 34.8 Å². The Bertz CT molecular complexity index is 635. The molecule has 0 saturated carbocycles. The maximum absolute atomic E-state index is 11.7. The number of carbonyl (C=O) groups is 1. The molecule has 1 aromatic carbocycles. The van der Waals surface area contributed by atoms with Gasteiger partial charge in [0.05, 0.1) is 15.7 Å². The standard InChI is InChI=1S/C13H11Cl2N3O2/c1-8-5-6-16-13(17-8)20-7-11(19)18-10-4-2-3-9(14)12(10)15/h2-6H,7H2,1H3,(H,18,19). The summed E-state index contributed by atoms with van der Waals surface area (Å²) in [7, 11) is 0. The summed E-state index contributed by atoms with van der Waals surface area (Å²) in [5, 5.41) is 3.25. The zero-order valence-corrected chi connectivity index (χ0v) is 12.1. The highest BCUT2D eigenvalue weighted by Gasteiger charge is 2.09. The maximum Gasteiger partial charge on any atom is 0.317 e. The monoisotopic (exact) mass is 311 g/mol. The molecule has 104 valence electrons. The van der Waals surface area contributed by atoms with Gasteiger partial charge in [-0.3, -0.25) is 4.79 Å². The smallest absolute Gasteiger partial charge is 0.317 e. The molecule has 0 atom stereocenters. The van der Waals surface area contributed by atoms with Gasteiger partial charge in [-0.05, 0) is 25.1 Å². The number of halogens is 2. The minimum absolute atomic E-state index is 0.150. The highest BCUT2D eigenvalue weighted by atomic mass is 35.5. The molecule has 0 unspecified atom stereocenters. The Labute approximate surface area is 125 Å². The van der Waals surface area contributed by atoms with E-state index in [2.05, 4.69) is 15.3 Å². The minimum atomic E-state index is -0.376. The Balaban J connectivity index is 1.94. The van der Waals surface area contributed by atoms with Crippen LogP contribution in [0.5, 0.6) is 6.01 Å². The third kappa shape index (κ3) is 3.82. The number of nitrogens with one attached hydrogen (secondary N) is 1. The van der Waals surface area contributed by atoms with Crippen LogP contribution in [-0.4, -0.2) is 22.5 Å². The van der Waals surface area contributed by atoms with E-state index in [1.54, 1.807) is 37.4 Å². The van der Waals surface area contributed by atoms with E-state index in [0.717, 1.165) is 5.69 Å². The van der Waals surface area contributed by atoms with Gasteiger partial charge in [0.1, 0.15) is 0 Å². The topological polar surface area (TPSA) is 64.1 Å². The molecule has 7 heteroatoms. The number of hydrogen-bond donors (Lipinski definition) is 1. The van der Waals surface area contributed by atoms with Crippen molar-refractivity contribution in [3.05, 3.63) is 46.2 Å². The lowest BCUT2D eigenvalue weighted by atomic mass is 10.3. The van der Waals surface area contributed by atoms with Crippen molar-refractivity contribution in [3.63, 3.8) is 0 Å². The third-order valence-electron chi connectivity index (χ3n) is 2.33. The first-order chi connectivity index (χ1) is 9.56. The van der Waals surface area contributed by atoms with Gasteiger partial charge in [0.15, 0.2) is 6.61 Å². The van der Waals surface area contributed by atoms with Gasteiger partial charge < -0.3 is 10.1 Å². The molecule has 0 radical (unpaired) electrons. The van der Waals surface area contributed by atoms with E-state index in [1.165, 1.54) is 0 Å². The van der Waals surface area contributed by atoms with Gasteiger partial charge in [-0.25, -0.2) is 9.97 Å². The number of amides is 1. The zero-order chi connectivity index (χ0) is 14.5. The Morgan fingerprint density at radius 3 is 2.90 bits per heavy atom. The molecule has 2 aromatic rings. The molecule has 20 heavy (non-hydrogen) atoms. The van der Waals surface area contributed by atoms with E-state index in [1.807, 2.05) is 0 Å². The molecule has 2 rings (SSSR count). The average molecular weight is 312 g/mol. The van der Waals surface area contributed by atoms with Gasteiger partial charge in [0, 0.05) is 11.9 Å². The summed E-state index contributed by atoms with van der Waals surface area (Å²) in [6, 6.07) is 6.86. The van der Waals surface area contributed by atoms with Gasteiger partial charge in [0.2, 0.25) is 0 Å². The van der Waals surface area contributed by atoms with E-state index in [9.17, 15) is 4.79 Å². The van der Waals surface area contributed by atoms with Crippen LogP contribution in [-0.2, 0) is 4.79 Å². The van der Waals surface area contributed by atoms with Crippen LogP contribution in [0.25, 0.3) is 0 Å². The Kier molecular flexibility index (Phi) is 4.76. The number of carbonyl (C=O) groups excluding carboxylic acids is 1. The van der Waals surface area contributed by atoms with Crippen LogP contribution >= 0.6 is 23.2 Å². The lowest BCUT2D eigenvalue weighted by Crippen LogP contribution is -2.21. The third-order valence-corrected chi connectivity index (χ3v) is 3.15. The molecule has 1 heterocycles. The molecule has 0 aliphatic heterocycles. The molecule has 1 aromatic heterocycles. The first-order valence-electron chi connectivity index (χ1n) is 5.72. The summed E-state index contributed by atoms with van der Waals surface area (Å²) >= 11 is 11.8. The second-order valence-electron chi connectivity index (χ2n) is 3.92. The summed E-state index contributed by atoms with van der Waals surface area (Å²) in [6.45, 7) is 1.59. The molecule has 0 spiro atoms. The van der Waals surface area contributed by atoms with Crippen LogP contribution in [0.15, 0.2) is 30.5 Å². The van der Waals surface area contributed by atoms with Crippen molar-refractivity contribution in [2.75, 3.05) is 11.9 Å². The van der Waals surface area contributed by atoms with E-state index in [-0.39, 0.29) is 23.5 Å². The lowest BCUT2D eigenvalue weighted by Gasteiger charge is -2.08. The Morgan fingerprint density at radius 2 is 2.15 bits per heavy atom. The predicted molar refractivity (Wildman–Crippen MR) is 77.4 cm³/mol. The number of anilines is 1. The summed E-state index contributed by atoms with van der Waals surface area (Å²) in [5.74, 6) is -0.376. The molecule has 0 fully saturated rings. The first-order valence-corrected chi connectivity index (χ1v) is 6.48. The second kappa shape index (κ2) is 6.54. The highest BCUT2D eigenvalue weighted by Crippen LogP contribution is 2.29. The second-order valence-corrected chi connectivity index (χ2v) is 4.70. The van der Waals surface area contributed by atoms with Crippen molar-refractivity contribution in [1.29, 1.82) is 0 Å². The zero-order valence-electron chi connectivity index (χ0n) is 10.6. The van der Waals surface area contributed by atoms with Crippen LogP contribution in [0.4, 0.5) is 5.69 Å².